The van der Waals surface area contributed by atoms with E-state index in [4.69, 9.17) is 14.2 Å². The van der Waals surface area contributed by atoms with Gasteiger partial charge in [0.15, 0.2) is 11.5 Å². The molecule has 0 spiro atoms. The molecule has 2 aromatic rings. The van der Waals surface area contributed by atoms with Crippen LogP contribution in [-0.2, 0) is 11.2 Å². The minimum Gasteiger partial charge on any atom is -0.497 e. The van der Waals surface area contributed by atoms with Gasteiger partial charge in [-0.2, -0.15) is 0 Å². The molecule has 0 unspecified atom stereocenters. The van der Waals surface area contributed by atoms with Crippen molar-refractivity contribution in [1.29, 1.82) is 0 Å². The first kappa shape index (κ1) is 19.2. The SMILES string of the molecule is COc1ccc(CCC(=O)NCC#CCOc2ccccc2OC)cc1. The molecule has 0 radical (unpaired) electrons. The molecular weight excluding hydrogens is 330 g/mol. The van der Waals surface area contributed by atoms with Crippen molar-refractivity contribution in [2.75, 3.05) is 27.4 Å². The van der Waals surface area contributed by atoms with E-state index in [1.807, 2.05) is 48.5 Å². The number of carbonyl (C=O) groups excluding carboxylic acids is 1. The smallest absolute Gasteiger partial charge is 0.221 e. The lowest BCUT2D eigenvalue weighted by Crippen LogP contribution is -2.23. The van der Waals surface area contributed by atoms with Gasteiger partial charge in [0.1, 0.15) is 12.4 Å². The van der Waals surface area contributed by atoms with E-state index >= 15 is 0 Å². The van der Waals surface area contributed by atoms with Gasteiger partial charge in [-0.15, -0.1) is 0 Å². The van der Waals surface area contributed by atoms with Gasteiger partial charge in [0, 0.05) is 6.42 Å². The topological polar surface area (TPSA) is 56.8 Å². The van der Waals surface area contributed by atoms with Gasteiger partial charge in [-0.1, -0.05) is 36.1 Å². The van der Waals surface area contributed by atoms with E-state index in [9.17, 15) is 4.79 Å². The van der Waals surface area contributed by atoms with E-state index in [1.165, 1.54) is 0 Å². The number of hydrogen-bond donors (Lipinski definition) is 1. The molecular formula is C21H23NO4. The van der Waals surface area contributed by atoms with Gasteiger partial charge in [-0.25, -0.2) is 0 Å². The van der Waals surface area contributed by atoms with Crippen molar-refractivity contribution >= 4 is 5.91 Å². The highest BCUT2D eigenvalue weighted by molar-refractivity contribution is 5.76. The van der Waals surface area contributed by atoms with Crippen LogP contribution in [0.1, 0.15) is 12.0 Å². The van der Waals surface area contributed by atoms with E-state index in [-0.39, 0.29) is 12.5 Å². The first-order chi connectivity index (χ1) is 12.7. The van der Waals surface area contributed by atoms with Crippen molar-refractivity contribution in [3.63, 3.8) is 0 Å². The zero-order chi connectivity index (χ0) is 18.6. The Bertz CT molecular complexity index is 760. The Morgan fingerprint density at radius 1 is 0.962 bits per heavy atom. The number of carbonyl (C=O) groups is 1. The van der Waals surface area contributed by atoms with Crippen LogP contribution in [0.4, 0.5) is 0 Å². The number of para-hydroxylation sites is 2. The second kappa shape index (κ2) is 10.7. The molecule has 26 heavy (non-hydrogen) atoms. The summed E-state index contributed by atoms with van der Waals surface area (Å²) in [7, 11) is 3.22. The second-order valence-electron chi connectivity index (χ2n) is 5.42. The minimum absolute atomic E-state index is 0.0271. The molecule has 0 aliphatic carbocycles. The molecule has 136 valence electrons. The van der Waals surface area contributed by atoms with Crippen molar-refractivity contribution in [1.82, 2.24) is 5.32 Å². The molecule has 1 amide bonds. The fourth-order valence-corrected chi connectivity index (χ4v) is 2.25. The summed E-state index contributed by atoms with van der Waals surface area (Å²) in [6.45, 7) is 0.540. The Labute approximate surface area is 154 Å². The van der Waals surface area contributed by atoms with Crippen LogP contribution in [0.25, 0.3) is 0 Å². The van der Waals surface area contributed by atoms with Crippen LogP contribution in [0.2, 0.25) is 0 Å². The summed E-state index contributed by atoms with van der Waals surface area (Å²) >= 11 is 0. The van der Waals surface area contributed by atoms with E-state index in [0.29, 0.717) is 30.9 Å². The standard InChI is InChI=1S/C21H23NO4/c1-24-18-12-9-17(10-13-18)11-14-21(23)22-15-5-6-16-26-20-8-4-3-7-19(20)25-2/h3-4,7-10,12-13H,11,14-16H2,1-2H3,(H,22,23). The largest absolute Gasteiger partial charge is 0.497 e. The predicted molar refractivity (Wildman–Crippen MR) is 101 cm³/mol. The molecule has 5 heteroatoms. The quantitative estimate of drug-likeness (QED) is 0.742. The van der Waals surface area contributed by atoms with Crippen LogP contribution in [0.5, 0.6) is 17.2 Å². The Morgan fingerprint density at radius 2 is 1.69 bits per heavy atom. The second-order valence-corrected chi connectivity index (χ2v) is 5.42. The number of methoxy groups -OCH3 is 2. The first-order valence-electron chi connectivity index (χ1n) is 8.34. The Kier molecular flexibility index (Phi) is 7.88. The van der Waals surface area contributed by atoms with E-state index in [2.05, 4.69) is 17.2 Å². The van der Waals surface area contributed by atoms with Gasteiger partial charge in [0.05, 0.1) is 20.8 Å². The van der Waals surface area contributed by atoms with Crippen LogP contribution >= 0.6 is 0 Å². The van der Waals surface area contributed by atoms with Crippen LogP contribution in [0.15, 0.2) is 48.5 Å². The molecule has 0 saturated heterocycles. The predicted octanol–water partition coefficient (Wildman–Crippen LogP) is 2.84. The van der Waals surface area contributed by atoms with Gasteiger partial charge in [-0.3, -0.25) is 4.79 Å². The average Bonchev–Trinajstić information content (AvgIpc) is 2.69. The highest BCUT2D eigenvalue weighted by Crippen LogP contribution is 2.25. The fraction of sp³-hybridized carbons (Fsp3) is 0.286. The van der Waals surface area contributed by atoms with E-state index < -0.39 is 0 Å². The van der Waals surface area contributed by atoms with Gasteiger partial charge < -0.3 is 19.5 Å². The van der Waals surface area contributed by atoms with E-state index in [1.54, 1.807) is 14.2 Å². The van der Waals surface area contributed by atoms with Crippen LogP contribution < -0.4 is 19.5 Å². The van der Waals surface area contributed by atoms with E-state index in [0.717, 1.165) is 11.3 Å². The van der Waals surface area contributed by atoms with Crippen molar-refractivity contribution in [3.05, 3.63) is 54.1 Å². The first-order valence-corrected chi connectivity index (χ1v) is 8.34. The third-order valence-electron chi connectivity index (χ3n) is 3.67. The average molecular weight is 353 g/mol. The molecule has 0 heterocycles. The highest BCUT2D eigenvalue weighted by atomic mass is 16.5. The maximum Gasteiger partial charge on any atom is 0.221 e. The monoisotopic (exact) mass is 353 g/mol. The Balaban J connectivity index is 1.64. The zero-order valence-corrected chi connectivity index (χ0v) is 15.1. The van der Waals surface area contributed by atoms with Crippen molar-refractivity contribution in [3.8, 4) is 29.1 Å². The number of rotatable bonds is 8. The molecule has 0 aliphatic rings. The molecule has 0 aromatic heterocycles. The van der Waals surface area contributed by atoms with Crippen molar-refractivity contribution in [2.45, 2.75) is 12.8 Å². The summed E-state index contributed by atoms with van der Waals surface area (Å²) in [4.78, 5) is 11.8. The normalized spacial score (nSPS) is 9.62. The molecule has 2 aromatic carbocycles. The van der Waals surface area contributed by atoms with Crippen LogP contribution in [0.3, 0.4) is 0 Å². The molecule has 1 N–H and O–H groups in total. The van der Waals surface area contributed by atoms with Crippen molar-refractivity contribution in [2.24, 2.45) is 0 Å². The minimum atomic E-state index is -0.0271. The van der Waals surface area contributed by atoms with Gasteiger partial charge in [0.2, 0.25) is 5.91 Å². The van der Waals surface area contributed by atoms with Gasteiger partial charge >= 0.3 is 0 Å². The number of aryl methyl sites for hydroxylation is 1. The Morgan fingerprint density at radius 3 is 2.38 bits per heavy atom. The molecule has 0 aliphatic heterocycles. The summed E-state index contributed by atoms with van der Waals surface area (Å²) in [6, 6.07) is 15.1. The Hall–Kier alpha value is -3.13. The molecule has 0 fully saturated rings. The lowest BCUT2D eigenvalue weighted by molar-refractivity contribution is -0.120. The van der Waals surface area contributed by atoms with Crippen molar-refractivity contribution < 1.29 is 19.0 Å². The number of hydrogen-bond acceptors (Lipinski definition) is 4. The summed E-state index contributed by atoms with van der Waals surface area (Å²) in [5.41, 5.74) is 1.09. The summed E-state index contributed by atoms with van der Waals surface area (Å²) < 4.78 is 15.8. The van der Waals surface area contributed by atoms with Crippen LogP contribution in [0, 0.1) is 11.8 Å². The molecule has 2 rings (SSSR count). The fourth-order valence-electron chi connectivity index (χ4n) is 2.25. The van der Waals surface area contributed by atoms with Gasteiger partial charge in [0.25, 0.3) is 0 Å². The number of amides is 1. The molecule has 0 saturated carbocycles. The third kappa shape index (κ3) is 6.40. The zero-order valence-electron chi connectivity index (χ0n) is 15.1. The lowest BCUT2D eigenvalue weighted by Gasteiger charge is -2.07. The maximum absolute atomic E-state index is 11.8. The summed E-state index contributed by atoms with van der Waals surface area (Å²) in [6.07, 6.45) is 1.10. The summed E-state index contributed by atoms with van der Waals surface area (Å²) in [5.74, 6) is 7.84. The number of ether oxygens (including phenoxy) is 3. The lowest BCUT2D eigenvalue weighted by atomic mass is 10.1. The van der Waals surface area contributed by atoms with Crippen LogP contribution in [-0.4, -0.2) is 33.3 Å². The third-order valence-corrected chi connectivity index (χ3v) is 3.67. The maximum atomic E-state index is 11.8. The molecule has 0 atom stereocenters. The number of benzene rings is 2. The molecule has 5 nitrogen and oxygen atoms in total. The molecule has 0 bridgehead atoms. The number of nitrogens with one attached hydrogen (secondary N) is 1. The summed E-state index contributed by atoms with van der Waals surface area (Å²) in [5, 5.41) is 2.78. The highest BCUT2D eigenvalue weighted by Gasteiger charge is 2.02. The van der Waals surface area contributed by atoms with Gasteiger partial charge in [-0.05, 0) is 36.2 Å².